The Morgan fingerprint density at radius 2 is 2.27 bits per heavy atom. The fraction of sp³-hybridized carbons (Fsp3) is 0.667. The molecule has 1 heterocycles. The molecule has 84 valence electrons. The van der Waals surface area contributed by atoms with Gasteiger partial charge in [-0.1, -0.05) is 13.8 Å². The zero-order chi connectivity index (χ0) is 11.3. The third-order valence-corrected chi connectivity index (χ3v) is 2.97. The number of carbonyl (C=O) groups is 1. The number of nitrogens with one attached hydrogen (secondary N) is 1. The van der Waals surface area contributed by atoms with Crippen molar-refractivity contribution in [3.63, 3.8) is 0 Å². The maximum atomic E-state index is 11.5. The van der Waals surface area contributed by atoms with E-state index in [4.69, 9.17) is 0 Å². The van der Waals surface area contributed by atoms with Gasteiger partial charge in [0, 0.05) is 6.54 Å². The molecule has 0 saturated carbocycles. The van der Waals surface area contributed by atoms with Crippen LogP contribution in [0.4, 0.5) is 0 Å². The number of hydrogen-bond acceptors (Lipinski definition) is 5. The highest BCUT2D eigenvalue weighted by molar-refractivity contribution is 6.99. The Labute approximate surface area is 92.9 Å². The summed E-state index contributed by atoms with van der Waals surface area (Å²) in [6.45, 7) is 4.02. The molecule has 0 spiro atoms. The van der Waals surface area contributed by atoms with Crippen molar-refractivity contribution in [2.45, 2.75) is 32.3 Å². The van der Waals surface area contributed by atoms with E-state index in [0.29, 0.717) is 18.5 Å². The van der Waals surface area contributed by atoms with Gasteiger partial charge < -0.3 is 10.4 Å². The first-order chi connectivity index (χ1) is 7.11. The highest BCUT2D eigenvalue weighted by Gasteiger charge is 2.23. The third-order valence-electron chi connectivity index (χ3n) is 2.49. The lowest BCUT2D eigenvalue weighted by Gasteiger charge is -2.24. The van der Waals surface area contributed by atoms with Crippen LogP contribution in [0.25, 0.3) is 0 Å². The minimum atomic E-state index is -0.820. The summed E-state index contributed by atoms with van der Waals surface area (Å²) in [6.07, 6.45) is 2.63. The van der Waals surface area contributed by atoms with Crippen molar-refractivity contribution >= 4 is 17.6 Å². The van der Waals surface area contributed by atoms with E-state index in [2.05, 4.69) is 14.1 Å². The highest BCUT2D eigenvalue weighted by atomic mass is 32.1. The lowest BCUT2D eigenvalue weighted by molar-refractivity contribution is 0.0313. The van der Waals surface area contributed by atoms with Crippen LogP contribution in [0.3, 0.4) is 0 Å². The predicted octanol–water partition coefficient (Wildman–Crippen LogP) is 0.819. The molecule has 0 radical (unpaired) electrons. The summed E-state index contributed by atoms with van der Waals surface area (Å²) < 4.78 is 7.54. The van der Waals surface area contributed by atoms with Crippen LogP contribution >= 0.6 is 11.7 Å². The maximum Gasteiger partial charge on any atom is 0.272 e. The first kappa shape index (κ1) is 12.1. The molecule has 15 heavy (non-hydrogen) atoms. The van der Waals surface area contributed by atoms with Crippen LogP contribution in [0.5, 0.6) is 0 Å². The normalized spacial score (nSPS) is 11.4. The quantitative estimate of drug-likeness (QED) is 0.783. The van der Waals surface area contributed by atoms with E-state index in [9.17, 15) is 9.90 Å². The summed E-state index contributed by atoms with van der Waals surface area (Å²) in [5.41, 5.74) is -0.520. The van der Waals surface area contributed by atoms with E-state index >= 15 is 0 Å². The number of hydrogen-bond donors (Lipinski definition) is 2. The molecule has 1 aromatic rings. The average Bonchev–Trinajstić information content (AvgIpc) is 2.79. The van der Waals surface area contributed by atoms with E-state index in [1.165, 1.54) is 6.20 Å². The highest BCUT2D eigenvalue weighted by Crippen LogP contribution is 2.12. The summed E-state index contributed by atoms with van der Waals surface area (Å²) >= 11 is 0.989. The molecule has 1 aromatic heterocycles. The summed E-state index contributed by atoms with van der Waals surface area (Å²) in [6, 6.07) is 0. The Morgan fingerprint density at radius 3 is 2.73 bits per heavy atom. The van der Waals surface area contributed by atoms with E-state index in [0.717, 1.165) is 11.7 Å². The molecule has 5 nitrogen and oxygen atoms in total. The van der Waals surface area contributed by atoms with Crippen LogP contribution < -0.4 is 5.32 Å². The van der Waals surface area contributed by atoms with Crippen molar-refractivity contribution in [1.29, 1.82) is 0 Å². The predicted molar refractivity (Wildman–Crippen MR) is 57.8 cm³/mol. The topological polar surface area (TPSA) is 75.1 Å². The first-order valence-electron chi connectivity index (χ1n) is 4.89. The second-order valence-corrected chi connectivity index (χ2v) is 3.96. The smallest absolute Gasteiger partial charge is 0.272 e. The molecule has 0 atom stereocenters. The monoisotopic (exact) mass is 229 g/mol. The van der Waals surface area contributed by atoms with Gasteiger partial charge in [-0.05, 0) is 12.8 Å². The summed E-state index contributed by atoms with van der Waals surface area (Å²) in [5.74, 6) is -0.288. The number of amides is 1. The largest absolute Gasteiger partial charge is 0.388 e. The van der Waals surface area contributed by atoms with Crippen LogP contribution in [-0.2, 0) is 0 Å². The van der Waals surface area contributed by atoms with Gasteiger partial charge >= 0.3 is 0 Å². The number of rotatable bonds is 5. The zero-order valence-corrected chi connectivity index (χ0v) is 9.67. The maximum absolute atomic E-state index is 11.5. The molecule has 0 bridgehead atoms. The third kappa shape index (κ3) is 3.24. The van der Waals surface area contributed by atoms with Gasteiger partial charge in [0.2, 0.25) is 0 Å². The van der Waals surface area contributed by atoms with Crippen molar-refractivity contribution in [1.82, 2.24) is 14.1 Å². The van der Waals surface area contributed by atoms with E-state index in [1.807, 2.05) is 13.8 Å². The van der Waals surface area contributed by atoms with Crippen LogP contribution in [0.15, 0.2) is 6.20 Å². The number of carbonyl (C=O) groups excluding carboxylic acids is 1. The van der Waals surface area contributed by atoms with E-state index in [-0.39, 0.29) is 12.5 Å². The van der Waals surface area contributed by atoms with Gasteiger partial charge in [0.1, 0.15) is 0 Å². The van der Waals surface area contributed by atoms with Crippen molar-refractivity contribution in [3.8, 4) is 0 Å². The first-order valence-corrected chi connectivity index (χ1v) is 5.62. The van der Waals surface area contributed by atoms with Crippen LogP contribution in [0.2, 0.25) is 0 Å². The molecule has 1 rings (SSSR count). The van der Waals surface area contributed by atoms with Crippen LogP contribution in [0.1, 0.15) is 37.2 Å². The molecule has 0 aromatic carbocycles. The molecule has 0 unspecified atom stereocenters. The Balaban J connectivity index is 2.47. The second-order valence-electron chi connectivity index (χ2n) is 3.41. The van der Waals surface area contributed by atoms with Gasteiger partial charge in [-0.25, -0.2) is 0 Å². The lowest BCUT2D eigenvalue weighted by Crippen LogP contribution is -2.42. The average molecular weight is 229 g/mol. The molecule has 6 heteroatoms. The number of aromatic nitrogens is 2. The molecule has 0 aliphatic rings. The molecule has 0 saturated heterocycles. The van der Waals surface area contributed by atoms with E-state index < -0.39 is 5.60 Å². The summed E-state index contributed by atoms with van der Waals surface area (Å²) in [7, 11) is 0. The van der Waals surface area contributed by atoms with Gasteiger partial charge in [-0.2, -0.15) is 8.75 Å². The van der Waals surface area contributed by atoms with Crippen molar-refractivity contribution in [3.05, 3.63) is 11.9 Å². The van der Waals surface area contributed by atoms with E-state index in [1.54, 1.807) is 0 Å². The second kappa shape index (κ2) is 5.18. The summed E-state index contributed by atoms with van der Waals surface area (Å²) in [4.78, 5) is 11.5. The number of aliphatic hydroxyl groups is 1. The van der Waals surface area contributed by atoms with Crippen molar-refractivity contribution < 1.29 is 9.90 Å². The zero-order valence-electron chi connectivity index (χ0n) is 8.86. The van der Waals surface area contributed by atoms with Gasteiger partial charge in [-0.3, -0.25) is 4.79 Å². The molecule has 0 aliphatic carbocycles. The summed E-state index contributed by atoms with van der Waals surface area (Å²) in [5, 5.41) is 12.6. The standard InChI is InChI=1S/C9H15N3O2S/c1-3-9(14,4-2)6-10-8(13)7-5-11-15-12-7/h5,14H,3-4,6H2,1-2H3,(H,10,13). The minimum absolute atomic E-state index is 0.246. The van der Waals surface area contributed by atoms with Crippen molar-refractivity contribution in [2.24, 2.45) is 0 Å². The Kier molecular flexibility index (Phi) is 4.16. The lowest BCUT2D eigenvalue weighted by atomic mass is 9.97. The molecule has 0 fully saturated rings. The molecule has 1 amide bonds. The van der Waals surface area contributed by atoms with Crippen LogP contribution in [-0.4, -0.2) is 31.9 Å². The molecule has 2 N–H and O–H groups in total. The Bertz CT molecular complexity index is 309. The van der Waals surface area contributed by atoms with Gasteiger partial charge in [0.15, 0.2) is 5.69 Å². The SMILES string of the molecule is CCC(O)(CC)CNC(=O)c1cnsn1. The Hall–Kier alpha value is -1.01. The molecule has 0 aliphatic heterocycles. The number of nitrogens with zero attached hydrogens (tertiary/aromatic N) is 2. The van der Waals surface area contributed by atoms with Crippen LogP contribution in [0, 0.1) is 0 Å². The minimum Gasteiger partial charge on any atom is -0.388 e. The molecular weight excluding hydrogens is 214 g/mol. The van der Waals surface area contributed by atoms with Crippen molar-refractivity contribution in [2.75, 3.05) is 6.54 Å². The Morgan fingerprint density at radius 1 is 1.60 bits per heavy atom. The van der Waals surface area contributed by atoms with Gasteiger partial charge in [0.05, 0.1) is 23.5 Å². The van der Waals surface area contributed by atoms with Gasteiger partial charge in [-0.15, -0.1) is 0 Å². The molecular formula is C9H15N3O2S. The van der Waals surface area contributed by atoms with Gasteiger partial charge in [0.25, 0.3) is 5.91 Å². The fourth-order valence-electron chi connectivity index (χ4n) is 1.10. The fourth-order valence-corrected chi connectivity index (χ4v) is 1.51.